The van der Waals surface area contributed by atoms with Crippen LogP contribution in [0.5, 0.6) is 0 Å². The van der Waals surface area contributed by atoms with Crippen molar-refractivity contribution in [3.05, 3.63) is 48.8 Å². The molecule has 2 aromatic rings. The topological polar surface area (TPSA) is 85.2 Å². The molecule has 1 N–H and O–H groups in total. The number of nitrogens with one attached hydrogen (secondary N) is 1. The monoisotopic (exact) mass is 326 g/mol. The molecule has 1 aromatic carbocycles. The molecule has 1 heterocycles. The van der Waals surface area contributed by atoms with Crippen molar-refractivity contribution < 1.29 is 16.8 Å². The number of aromatic nitrogens is 1. The first kappa shape index (κ1) is 14.3. The summed E-state index contributed by atoms with van der Waals surface area (Å²) in [6.45, 7) is 0. The molecule has 0 saturated heterocycles. The summed E-state index contributed by atoms with van der Waals surface area (Å²) >= 11 is 0. The predicted molar refractivity (Wildman–Crippen MR) is 76.8 cm³/mol. The van der Waals surface area contributed by atoms with Gasteiger partial charge >= 0.3 is 0 Å². The van der Waals surface area contributed by atoms with Gasteiger partial charge in [0.2, 0.25) is 10.0 Å². The standard InChI is InChI=1S/C13H14N2O4S2/c16-20(17,14-11-6-7-11)13-8-9-15(10-13)21(18,19)12-4-2-1-3-5-12/h1-5,8-11,14H,6-7H2. The van der Waals surface area contributed by atoms with E-state index in [-0.39, 0.29) is 15.8 Å². The van der Waals surface area contributed by atoms with Crippen molar-refractivity contribution in [1.29, 1.82) is 0 Å². The van der Waals surface area contributed by atoms with Gasteiger partial charge in [-0.3, -0.25) is 0 Å². The molecule has 1 aliphatic rings. The van der Waals surface area contributed by atoms with Gasteiger partial charge in [-0.15, -0.1) is 0 Å². The molecule has 8 heteroatoms. The second-order valence-electron chi connectivity index (χ2n) is 4.89. The van der Waals surface area contributed by atoms with Gasteiger partial charge in [0, 0.05) is 18.4 Å². The number of hydrogen-bond donors (Lipinski definition) is 1. The zero-order valence-corrected chi connectivity index (χ0v) is 12.6. The maximum absolute atomic E-state index is 12.4. The first-order valence-corrected chi connectivity index (χ1v) is 9.33. The smallest absolute Gasteiger partial charge is 0.248 e. The Hall–Kier alpha value is -1.64. The highest BCUT2D eigenvalue weighted by molar-refractivity contribution is 7.90. The van der Waals surface area contributed by atoms with Crippen molar-refractivity contribution in [3.8, 4) is 0 Å². The third-order valence-corrected chi connectivity index (χ3v) is 6.32. The summed E-state index contributed by atoms with van der Waals surface area (Å²) in [6, 6.07) is 9.13. The number of sulfonamides is 1. The Kier molecular flexibility index (Phi) is 3.39. The van der Waals surface area contributed by atoms with E-state index in [4.69, 9.17) is 0 Å². The van der Waals surface area contributed by atoms with E-state index in [1.807, 2.05) is 0 Å². The Morgan fingerprint density at radius 1 is 0.952 bits per heavy atom. The van der Waals surface area contributed by atoms with Crippen LogP contribution in [0.25, 0.3) is 0 Å². The highest BCUT2D eigenvalue weighted by Crippen LogP contribution is 2.23. The van der Waals surface area contributed by atoms with E-state index in [0.717, 1.165) is 23.0 Å². The molecule has 0 atom stereocenters. The minimum Gasteiger partial charge on any atom is -0.248 e. The van der Waals surface area contributed by atoms with E-state index in [9.17, 15) is 16.8 Å². The lowest BCUT2D eigenvalue weighted by Crippen LogP contribution is -2.25. The quantitative estimate of drug-likeness (QED) is 0.893. The van der Waals surface area contributed by atoms with Gasteiger partial charge in [-0.05, 0) is 31.0 Å². The summed E-state index contributed by atoms with van der Waals surface area (Å²) in [5, 5.41) is 0. The van der Waals surface area contributed by atoms with E-state index < -0.39 is 20.0 Å². The van der Waals surface area contributed by atoms with E-state index in [1.54, 1.807) is 18.2 Å². The molecule has 1 saturated carbocycles. The van der Waals surface area contributed by atoms with Crippen LogP contribution in [0.3, 0.4) is 0 Å². The fraction of sp³-hybridized carbons (Fsp3) is 0.231. The van der Waals surface area contributed by atoms with Crippen LogP contribution >= 0.6 is 0 Å². The van der Waals surface area contributed by atoms with Crippen LogP contribution < -0.4 is 4.72 Å². The van der Waals surface area contributed by atoms with E-state index >= 15 is 0 Å². The van der Waals surface area contributed by atoms with Gasteiger partial charge in [-0.1, -0.05) is 18.2 Å². The molecule has 0 radical (unpaired) electrons. The molecule has 1 fully saturated rings. The van der Waals surface area contributed by atoms with E-state index in [2.05, 4.69) is 4.72 Å². The van der Waals surface area contributed by atoms with Crippen molar-refractivity contribution in [1.82, 2.24) is 8.69 Å². The van der Waals surface area contributed by atoms with Crippen LogP contribution in [0.15, 0.2) is 58.6 Å². The van der Waals surface area contributed by atoms with Crippen molar-refractivity contribution in [2.24, 2.45) is 0 Å². The normalized spacial score (nSPS) is 16.0. The SMILES string of the molecule is O=S(=O)(NC1CC1)c1ccn(S(=O)(=O)c2ccccc2)c1. The Balaban J connectivity index is 1.95. The average molecular weight is 326 g/mol. The van der Waals surface area contributed by atoms with Gasteiger partial charge in [0.05, 0.1) is 4.90 Å². The summed E-state index contributed by atoms with van der Waals surface area (Å²) < 4.78 is 52.2. The summed E-state index contributed by atoms with van der Waals surface area (Å²) in [6.07, 6.45) is 4.00. The number of hydrogen-bond acceptors (Lipinski definition) is 4. The summed E-state index contributed by atoms with van der Waals surface area (Å²) in [4.78, 5) is 0.0635. The molecule has 0 aliphatic heterocycles. The van der Waals surface area contributed by atoms with Gasteiger partial charge in [0.1, 0.15) is 4.90 Å². The second kappa shape index (κ2) is 4.97. The molecule has 1 aliphatic carbocycles. The minimum absolute atomic E-state index is 0.0240. The number of rotatable bonds is 5. The fourth-order valence-corrected chi connectivity index (χ4v) is 4.46. The molecule has 6 nitrogen and oxygen atoms in total. The lowest BCUT2D eigenvalue weighted by Gasteiger charge is -2.05. The van der Waals surface area contributed by atoms with E-state index in [1.165, 1.54) is 24.4 Å². The lowest BCUT2D eigenvalue weighted by molar-refractivity contribution is 0.581. The van der Waals surface area contributed by atoms with Crippen molar-refractivity contribution >= 4 is 20.0 Å². The van der Waals surface area contributed by atoms with Crippen LogP contribution in [0.1, 0.15) is 12.8 Å². The van der Waals surface area contributed by atoms with Gasteiger partial charge in [0.15, 0.2) is 0 Å². The van der Waals surface area contributed by atoms with Crippen molar-refractivity contribution in [2.75, 3.05) is 0 Å². The van der Waals surface area contributed by atoms with Crippen molar-refractivity contribution in [2.45, 2.75) is 28.7 Å². The molecule has 0 amide bonds. The van der Waals surface area contributed by atoms with E-state index in [0.29, 0.717) is 0 Å². The molecular weight excluding hydrogens is 312 g/mol. The lowest BCUT2D eigenvalue weighted by atomic mass is 10.4. The molecule has 112 valence electrons. The highest BCUT2D eigenvalue weighted by Gasteiger charge is 2.29. The third-order valence-electron chi connectivity index (χ3n) is 3.17. The summed E-state index contributed by atoms with van der Waals surface area (Å²) in [5.41, 5.74) is 0. The Labute approximate surface area is 123 Å². The maximum Gasteiger partial charge on any atom is 0.267 e. The number of benzene rings is 1. The molecule has 0 bridgehead atoms. The zero-order valence-electron chi connectivity index (χ0n) is 11.0. The first-order chi connectivity index (χ1) is 9.89. The summed E-state index contributed by atoms with van der Waals surface area (Å²) in [5.74, 6) is 0. The summed E-state index contributed by atoms with van der Waals surface area (Å²) in [7, 11) is -7.42. The first-order valence-electron chi connectivity index (χ1n) is 6.40. The van der Waals surface area contributed by atoms with Gasteiger partial charge < -0.3 is 0 Å². The minimum atomic E-state index is -3.77. The highest BCUT2D eigenvalue weighted by atomic mass is 32.2. The Bertz CT molecular complexity index is 851. The zero-order chi connectivity index (χ0) is 15.1. The van der Waals surface area contributed by atoms with Gasteiger partial charge in [-0.25, -0.2) is 25.5 Å². The predicted octanol–water partition coefficient (Wildman–Crippen LogP) is 1.17. The third kappa shape index (κ3) is 2.87. The van der Waals surface area contributed by atoms with Crippen LogP contribution in [0, 0.1) is 0 Å². The van der Waals surface area contributed by atoms with Gasteiger partial charge in [0.25, 0.3) is 10.0 Å². The maximum atomic E-state index is 12.4. The Morgan fingerprint density at radius 3 is 2.24 bits per heavy atom. The fourth-order valence-electron chi connectivity index (χ4n) is 1.87. The van der Waals surface area contributed by atoms with Crippen LogP contribution in [0.4, 0.5) is 0 Å². The molecule has 1 aromatic heterocycles. The Morgan fingerprint density at radius 2 is 1.62 bits per heavy atom. The van der Waals surface area contributed by atoms with Crippen LogP contribution in [0.2, 0.25) is 0 Å². The second-order valence-corrected chi connectivity index (χ2v) is 8.45. The van der Waals surface area contributed by atoms with Gasteiger partial charge in [-0.2, -0.15) is 0 Å². The molecular formula is C13H14N2O4S2. The molecule has 21 heavy (non-hydrogen) atoms. The van der Waals surface area contributed by atoms with Crippen LogP contribution in [-0.4, -0.2) is 26.8 Å². The van der Waals surface area contributed by atoms with Crippen molar-refractivity contribution in [3.63, 3.8) is 0 Å². The molecule has 0 spiro atoms. The molecule has 0 unspecified atom stereocenters. The number of nitrogens with zero attached hydrogens (tertiary/aromatic N) is 1. The largest absolute Gasteiger partial charge is 0.267 e. The average Bonchev–Trinajstić information content (AvgIpc) is 3.09. The molecule has 3 rings (SSSR count). The van der Waals surface area contributed by atoms with Crippen LogP contribution in [-0.2, 0) is 20.0 Å².